The highest BCUT2D eigenvalue weighted by Gasteiger charge is 2.04. The minimum Gasteiger partial charge on any atom is -0.504 e. The number of furan rings is 1. The first kappa shape index (κ1) is 14.6. The lowest BCUT2D eigenvalue weighted by Gasteiger charge is -2.03. The number of hydrazone groups is 1. The lowest BCUT2D eigenvalue weighted by Crippen LogP contribution is -2.17. The first-order valence-electron chi connectivity index (χ1n) is 6.44. The summed E-state index contributed by atoms with van der Waals surface area (Å²) in [6, 6.07) is 8.03. The molecule has 0 radical (unpaired) electrons. The molecule has 0 bridgehead atoms. The van der Waals surface area contributed by atoms with Crippen molar-refractivity contribution in [1.29, 1.82) is 0 Å². The van der Waals surface area contributed by atoms with E-state index in [0.717, 1.165) is 11.3 Å². The molecule has 0 saturated carbocycles. The van der Waals surface area contributed by atoms with Crippen molar-refractivity contribution >= 4 is 12.1 Å². The van der Waals surface area contributed by atoms with Crippen LogP contribution in [0.4, 0.5) is 0 Å². The molecule has 1 heterocycles. The van der Waals surface area contributed by atoms with E-state index in [1.54, 1.807) is 18.2 Å². The van der Waals surface area contributed by atoms with Crippen LogP contribution in [0.3, 0.4) is 0 Å². The Balaban J connectivity index is 1.79. The molecule has 0 saturated heterocycles. The number of hydrogen-bond donors (Lipinski definition) is 3. The van der Waals surface area contributed by atoms with Crippen molar-refractivity contribution in [2.75, 3.05) is 0 Å². The summed E-state index contributed by atoms with van der Waals surface area (Å²) in [5.74, 6) is 0.717. The Bertz CT molecular complexity index is 661. The molecule has 21 heavy (non-hydrogen) atoms. The van der Waals surface area contributed by atoms with Crippen molar-refractivity contribution in [3.05, 3.63) is 47.4 Å². The van der Waals surface area contributed by atoms with Crippen LogP contribution in [0.25, 0.3) is 0 Å². The van der Waals surface area contributed by atoms with E-state index >= 15 is 0 Å². The largest absolute Gasteiger partial charge is 0.504 e. The standard InChI is InChI=1S/C15H16N2O4/c1-10-2-5-12(21-10)9-16-17-15(20)7-4-11-3-6-13(18)14(19)8-11/h2-3,5-6,8-9,18-19H,4,7H2,1H3,(H,17,20). The number of amides is 1. The van der Waals surface area contributed by atoms with Gasteiger partial charge in [0.1, 0.15) is 11.5 Å². The van der Waals surface area contributed by atoms with Gasteiger partial charge in [0, 0.05) is 6.42 Å². The number of aromatic hydroxyl groups is 2. The molecule has 6 heteroatoms. The Labute approximate surface area is 121 Å². The van der Waals surface area contributed by atoms with E-state index in [1.165, 1.54) is 18.3 Å². The number of rotatable bonds is 5. The van der Waals surface area contributed by atoms with Crippen LogP contribution in [0, 0.1) is 6.92 Å². The van der Waals surface area contributed by atoms with Crippen molar-refractivity contribution in [3.63, 3.8) is 0 Å². The monoisotopic (exact) mass is 288 g/mol. The van der Waals surface area contributed by atoms with E-state index in [2.05, 4.69) is 10.5 Å². The quantitative estimate of drug-likeness (QED) is 0.446. The van der Waals surface area contributed by atoms with Gasteiger partial charge in [-0.15, -0.1) is 0 Å². The zero-order chi connectivity index (χ0) is 15.2. The highest BCUT2D eigenvalue weighted by molar-refractivity contribution is 5.80. The third-order valence-corrected chi connectivity index (χ3v) is 2.82. The number of nitrogens with zero attached hydrogens (tertiary/aromatic N) is 1. The lowest BCUT2D eigenvalue weighted by atomic mass is 10.1. The zero-order valence-corrected chi connectivity index (χ0v) is 11.5. The Morgan fingerprint density at radius 3 is 2.76 bits per heavy atom. The molecular weight excluding hydrogens is 272 g/mol. The number of aryl methyl sites for hydroxylation is 2. The molecule has 110 valence electrons. The minimum absolute atomic E-state index is 0.179. The van der Waals surface area contributed by atoms with Gasteiger partial charge in [0.15, 0.2) is 11.5 Å². The molecule has 3 N–H and O–H groups in total. The summed E-state index contributed by atoms with van der Waals surface area (Å²) in [6.45, 7) is 1.82. The predicted octanol–water partition coefficient (Wildman–Crippen LogP) is 2.08. The van der Waals surface area contributed by atoms with Crippen molar-refractivity contribution in [2.45, 2.75) is 19.8 Å². The molecule has 2 rings (SSSR count). The Kier molecular flexibility index (Phi) is 4.61. The average Bonchev–Trinajstić information content (AvgIpc) is 2.86. The van der Waals surface area contributed by atoms with Gasteiger partial charge in [-0.25, -0.2) is 5.43 Å². The van der Waals surface area contributed by atoms with Gasteiger partial charge in [0.25, 0.3) is 0 Å². The molecule has 1 aromatic heterocycles. The van der Waals surface area contributed by atoms with Gasteiger partial charge in [-0.1, -0.05) is 6.07 Å². The van der Waals surface area contributed by atoms with Crippen molar-refractivity contribution in [1.82, 2.24) is 5.43 Å². The third kappa shape index (κ3) is 4.38. The fraction of sp³-hybridized carbons (Fsp3) is 0.200. The molecule has 0 atom stereocenters. The molecule has 6 nitrogen and oxygen atoms in total. The molecule has 1 aromatic carbocycles. The molecular formula is C15H16N2O4. The van der Waals surface area contributed by atoms with Gasteiger partial charge in [-0.2, -0.15) is 5.10 Å². The summed E-state index contributed by atoms with van der Waals surface area (Å²) < 4.78 is 5.27. The Hall–Kier alpha value is -2.76. The summed E-state index contributed by atoms with van der Waals surface area (Å²) in [5.41, 5.74) is 3.15. The summed E-state index contributed by atoms with van der Waals surface area (Å²) in [4.78, 5) is 11.6. The molecule has 0 aliphatic heterocycles. The van der Waals surface area contributed by atoms with Gasteiger partial charge in [-0.05, 0) is 43.2 Å². The molecule has 0 unspecified atom stereocenters. The average molecular weight is 288 g/mol. The maximum Gasteiger partial charge on any atom is 0.240 e. The summed E-state index contributed by atoms with van der Waals surface area (Å²) in [7, 11) is 0. The van der Waals surface area contributed by atoms with Crippen molar-refractivity contribution in [3.8, 4) is 11.5 Å². The van der Waals surface area contributed by atoms with Crippen LogP contribution in [-0.4, -0.2) is 22.3 Å². The third-order valence-electron chi connectivity index (χ3n) is 2.82. The number of carbonyl (C=O) groups excluding carboxylic acids is 1. The molecule has 2 aromatic rings. The van der Waals surface area contributed by atoms with E-state index < -0.39 is 0 Å². The number of phenols is 2. The van der Waals surface area contributed by atoms with E-state index in [-0.39, 0.29) is 23.8 Å². The van der Waals surface area contributed by atoms with Gasteiger partial charge in [0.2, 0.25) is 5.91 Å². The minimum atomic E-state index is -0.248. The number of hydrogen-bond acceptors (Lipinski definition) is 5. The van der Waals surface area contributed by atoms with Crippen LogP contribution in [0.5, 0.6) is 11.5 Å². The lowest BCUT2D eigenvalue weighted by molar-refractivity contribution is -0.121. The highest BCUT2D eigenvalue weighted by Crippen LogP contribution is 2.25. The second-order valence-corrected chi connectivity index (χ2v) is 4.56. The molecule has 1 amide bonds. The van der Waals surface area contributed by atoms with Crippen molar-refractivity contribution in [2.24, 2.45) is 5.10 Å². The summed E-state index contributed by atoms with van der Waals surface area (Å²) >= 11 is 0. The SMILES string of the molecule is Cc1ccc(C=NNC(=O)CCc2ccc(O)c(O)c2)o1. The van der Waals surface area contributed by atoms with Crippen molar-refractivity contribution < 1.29 is 19.4 Å². The Morgan fingerprint density at radius 1 is 1.29 bits per heavy atom. The van der Waals surface area contributed by atoms with Crippen LogP contribution >= 0.6 is 0 Å². The number of nitrogens with one attached hydrogen (secondary N) is 1. The van der Waals surface area contributed by atoms with Gasteiger partial charge in [-0.3, -0.25) is 4.79 Å². The maximum atomic E-state index is 11.6. The highest BCUT2D eigenvalue weighted by atomic mass is 16.3. The summed E-state index contributed by atoms with van der Waals surface area (Å²) in [5, 5.41) is 22.3. The normalized spacial score (nSPS) is 10.9. The van der Waals surface area contributed by atoms with Gasteiger partial charge in [0.05, 0.1) is 6.21 Å². The van der Waals surface area contributed by atoms with Gasteiger partial charge >= 0.3 is 0 Å². The van der Waals surface area contributed by atoms with Crippen LogP contribution < -0.4 is 5.43 Å². The number of benzene rings is 1. The molecule has 0 aliphatic rings. The molecule has 0 spiro atoms. The van der Waals surface area contributed by atoms with E-state index in [1.807, 2.05) is 6.92 Å². The fourth-order valence-corrected chi connectivity index (χ4v) is 1.73. The first-order chi connectivity index (χ1) is 10.0. The number of phenolic OH excluding ortho intramolecular Hbond substituents is 2. The zero-order valence-electron chi connectivity index (χ0n) is 11.5. The topological polar surface area (TPSA) is 95.1 Å². The van der Waals surface area contributed by atoms with Crippen LogP contribution in [0.2, 0.25) is 0 Å². The van der Waals surface area contributed by atoms with E-state index in [0.29, 0.717) is 12.2 Å². The Morgan fingerprint density at radius 2 is 2.10 bits per heavy atom. The van der Waals surface area contributed by atoms with Crippen LogP contribution in [-0.2, 0) is 11.2 Å². The maximum absolute atomic E-state index is 11.6. The predicted molar refractivity (Wildman–Crippen MR) is 77.3 cm³/mol. The van der Waals surface area contributed by atoms with E-state index in [4.69, 9.17) is 4.42 Å². The number of carbonyl (C=O) groups is 1. The fourth-order valence-electron chi connectivity index (χ4n) is 1.73. The second kappa shape index (κ2) is 6.60. The van der Waals surface area contributed by atoms with Gasteiger partial charge < -0.3 is 14.6 Å². The second-order valence-electron chi connectivity index (χ2n) is 4.56. The van der Waals surface area contributed by atoms with Crippen LogP contribution in [0.1, 0.15) is 23.5 Å². The summed E-state index contributed by atoms with van der Waals surface area (Å²) in [6.07, 6.45) is 2.09. The molecule has 0 fully saturated rings. The smallest absolute Gasteiger partial charge is 0.240 e. The van der Waals surface area contributed by atoms with Crippen LogP contribution in [0.15, 0.2) is 39.9 Å². The molecule has 0 aliphatic carbocycles. The first-order valence-corrected chi connectivity index (χ1v) is 6.44. The van der Waals surface area contributed by atoms with E-state index in [9.17, 15) is 15.0 Å².